The number of anilines is 3. The Balaban J connectivity index is 2.33. The summed E-state index contributed by atoms with van der Waals surface area (Å²) in [4.78, 5) is 3.75. The molecule has 0 radical (unpaired) electrons. The third kappa shape index (κ3) is 3.38. The molecule has 1 aromatic carbocycles. The summed E-state index contributed by atoms with van der Waals surface area (Å²) in [5.41, 5.74) is 4.81. The first-order valence-electron chi connectivity index (χ1n) is 5.32. The summed E-state index contributed by atoms with van der Waals surface area (Å²) in [6, 6.07) is 5.49. The minimum Gasteiger partial charge on any atom is -0.384 e. The first-order valence-corrected chi connectivity index (χ1v) is 6.12. The zero-order valence-corrected chi connectivity index (χ0v) is 11.4. The number of nitrogens with one attached hydrogen (secondary N) is 1. The number of benzene rings is 1. The molecule has 0 saturated heterocycles. The van der Waals surface area contributed by atoms with Crippen LogP contribution in [0.3, 0.4) is 0 Å². The Labute approximate surface area is 119 Å². The van der Waals surface area contributed by atoms with Crippen molar-refractivity contribution in [3.8, 4) is 0 Å². The van der Waals surface area contributed by atoms with Gasteiger partial charge in [-0.25, -0.2) is 9.37 Å². The second-order valence-corrected chi connectivity index (χ2v) is 4.77. The molecule has 0 aliphatic rings. The molecule has 2 rings (SSSR count). The van der Waals surface area contributed by atoms with E-state index in [-0.39, 0.29) is 16.1 Å². The maximum Gasteiger partial charge on any atom is 0.416 e. The van der Waals surface area contributed by atoms with Gasteiger partial charge in [0.15, 0.2) is 0 Å². The molecule has 106 valence electrons. The highest BCUT2D eigenvalue weighted by molar-refractivity contribution is 9.10. The minimum atomic E-state index is -4.52. The molecule has 0 spiro atoms. The van der Waals surface area contributed by atoms with Gasteiger partial charge in [0.05, 0.1) is 10.0 Å². The molecule has 0 aliphatic carbocycles. The van der Waals surface area contributed by atoms with Gasteiger partial charge in [0.2, 0.25) is 0 Å². The maximum atomic E-state index is 13.1. The Hall–Kier alpha value is -1.83. The van der Waals surface area contributed by atoms with Gasteiger partial charge < -0.3 is 11.1 Å². The van der Waals surface area contributed by atoms with Crippen LogP contribution >= 0.6 is 15.9 Å². The van der Waals surface area contributed by atoms with Gasteiger partial charge in [0, 0.05) is 5.69 Å². The lowest BCUT2D eigenvalue weighted by molar-refractivity contribution is -0.137. The highest BCUT2D eigenvalue weighted by atomic mass is 79.9. The quantitative estimate of drug-likeness (QED) is 0.793. The van der Waals surface area contributed by atoms with Crippen molar-refractivity contribution in [1.29, 1.82) is 0 Å². The Morgan fingerprint density at radius 1 is 1.15 bits per heavy atom. The normalized spacial score (nSPS) is 11.4. The molecule has 0 fully saturated rings. The van der Waals surface area contributed by atoms with Gasteiger partial charge in [-0.2, -0.15) is 13.2 Å². The fourth-order valence-electron chi connectivity index (χ4n) is 1.50. The Bertz CT molecular complexity index is 643. The number of halogens is 5. The lowest BCUT2D eigenvalue weighted by atomic mass is 10.2. The van der Waals surface area contributed by atoms with Crippen LogP contribution in [0.4, 0.5) is 34.9 Å². The van der Waals surface area contributed by atoms with Crippen molar-refractivity contribution >= 4 is 33.3 Å². The van der Waals surface area contributed by atoms with Crippen molar-refractivity contribution in [2.45, 2.75) is 6.18 Å². The summed E-state index contributed by atoms with van der Waals surface area (Å²) in [7, 11) is 0. The summed E-state index contributed by atoms with van der Waals surface area (Å²) < 4.78 is 51.2. The number of nitrogens with zero attached hydrogens (tertiary/aromatic N) is 1. The zero-order chi connectivity index (χ0) is 14.9. The fraction of sp³-hybridized carbons (Fsp3) is 0.0833. The van der Waals surface area contributed by atoms with Crippen LogP contribution in [0.5, 0.6) is 0 Å². The van der Waals surface area contributed by atoms with E-state index in [1.165, 1.54) is 18.2 Å². The Morgan fingerprint density at radius 3 is 2.45 bits per heavy atom. The average Bonchev–Trinajstić information content (AvgIpc) is 2.32. The van der Waals surface area contributed by atoms with E-state index in [2.05, 4.69) is 26.2 Å². The molecule has 0 bridgehead atoms. The highest BCUT2D eigenvalue weighted by Gasteiger charge is 2.31. The number of hydrogen-bond donors (Lipinski definition) is 2. The molecule has 2 aromatic rings. The van der Waals surface area contributed by atoms with Crippen molar-refractivity contribution in [1.82, 2.24) is 4.98 Å². The predicted molar refractivity (Wildman–Crippen MR) is 71.0 cm³/mol. The first-order chi connectivity index (χ1) is 9.25. The molecule has 1 aromatic heterocycles. The topological polar surface area (TPSA) is 50.9 Å². The van der Waals surface area contributed by atoms with E-state index in [1.807, 2.05) is 0 Å². The fourth-order valence-corrected chi connectivity index (χ4v) is 1.88. The van der Waals surface area contributed by atoms with Crippen LogP contribution < -0.4 is 11.1 Å². The summed E-state index contributed by atoms with van der Waals surface area (Å²) in [5, 5.41) is 2.64. The highest BCUT2D eigenvalue weighted by Crippen LogP contribution is 2.32. The van der Waals surface area contributed by atoms with E-state index in [9.17, 15) is 17.6 Å². The molecule has 8 heteroatoms. The molecule has 0 saturated carbocycles. The van der Waals surface area contributed by atoms with Gasteiger partial charge >= 0.3 is 6.18 Å². The summed E-state index contributed by atoms with van der Waals surface area (Å²) in [5.74, 6) is -0.814. The molecule has 20 heavy (non-hydrogen) atoms. The van der Waals surface area contributed by atoms with Crippen LogP contribution in [0, 0.1) is 5.82 Å². The van der Waals surface area contributed by atoms with Crippen molar-refractivity contribution in [2.24, 2.45) is 0 Å². The lowest BCUT2D eigenvalue weighted by Crippen LogP contribution is -2.08. The largest absolute Gasteiger partial charge is 0.416 e. The summed E-state index contributed by atoms with van der Waals surface area (Å²) >= 11 is 2.98. The molecule has 0 unspecified atom stereocenters. The third-order valence-electron chi connectivity index (χ3n) is 2.36. The monoisotopic (exact) mass is 349 g/mol. The summed E-state index contributed by atoms with van der Waals surface area (Å²) in [6.45, 7) is 0. The summed E-state index contributed by atoms with van der Waals surface area (Å²) in [6.07, 6.45) is -4.52. The van der Waals surface area contributed by atoms with Gasteiger partial charge in [0.25, 0.3) is 0 Å². The van der Waals surface area contributed by atoms with Crippen LogP contribution in [-0.4, -0.2) is 4.98 Å². The number of nitrogen functional groups attached to an aromatic ring is 1. The van der Waals surface area contributed by atoms with Crippen LogP contribution in [0.2, 0.25) is 0 Å². The van der Waals surface area contributed by atoms with Crippen molar-refractivity contribution in [2.75, 3.05) is 11.1 Å². The van der Waals surface area contributed by atoms with Crippen molar-refractivity contribution < 1.29 is 17.6 Å². The van der Waals surface area contributed by atoms with Crippen LogP contribution in [0.15, 0.2) is 34.8 Å². The third-order valence-corrected chi connectivity index (χ3v) is 2.97. The molecular formula is C12H8BrF4N3. The van der Waals surface area contributed by atoms with Crippen LogP contribution in [-0.2, 0) is 6.18 Å². The number of rotatable bonds is 2. The van der Waals surface area contributed by atoms with E-state index in [0.29, 0.717) is 5.69 Å². The van der Waals surface area contributed by atoms with Crippen LogP contribution in [0.1, 0.15) is 5.56 Å². The molecule has 0 atom stereocenters. The Kier molecular flexibility index (Phi) is 3.85. The zero-order valence-electron chi connectivity index (χ0n) is 9.80. The number of pyridine rings is 1. The second-order valence-electron chi connectivity index (χ2n) is 3.92. The van der Waals surface area contributed by atoms with Gasteiger partial charge in [-0.3, -0.25) is 0 Å². The van der Waals surface area contributed by atoms with Gasteiger partial charge in [-0.15, -0.1) is 0 Å². The standard InChI is InChI=1S/C12H8BrF4N3/c13-8-5-7(1-2-9(8)14)19-11-4-6(12(15,16)17)3-10(18)20-11/h1-5H,(H3,18,19,20). The average molecular weight is 350 g/mol. The van der Waals surface area contributed by atoms with E-state index in [0.717, 1.165) is 12.1 Å². The molecule has 3 nitrogen and oxygen atoms in total. The van der Waals surface area contributed by atoms with Gasteiger partial charge in [-0.05, 0) is 46.3 Å². The first kappa shape index (κ1) is 14.6. The molecule has 0 amide bonds. The van der Waals surface area contributed by atoms with E-state index >= 15 is 0 Å². The van der Waals surface area contributed by atoms with Gasteiger partial charge in [0.1, 0.15) is 17.5 Å². The van der Waals surface area contributed by atoms with Crippen molar-refractivity contribution in [3.05, 3.63) is 46.2 Å². The molecular weight excluding hydrogens is 342 g/mol. The minimum absolute atomic E-state index is 0.0733. The number of aromatic nitrogens is 1. The number of nitrogens with two attached hydrogens (primary N) is 1. The van der Waals surface area contributed by atoms with Crippen molar-refractivity contribution in [3.63, 3.8) is 0 Å². The molecule has 3 N–H and O–H groups in total. The molecule has 1 heterocycles. The van der Waals surface area contributed by atoms with Gasteiger partial charge in [-0.1, -0.05) is 0 Å². The second kappa shape index (κ2) is 5.28. The lowest BCUT2D eigenvalue weighted by Gasteiger charge is -2.11. The predicted octanol–water partition coefficient (Wildman–Crippen LogP) is 4.33. The smallest absolute Gasteiger partial charge is 0.384 e. The number of hydrogen-bond acceptors (Lipinski definition) is 3. The van der Waals surface area contributed by atoms with Crippen LogP contribution in [0.25, 0.3) is 0 Å². The number of alkyl halides is 3. The maximum absolute atomic E-state index is 13.1. The Morgan fingerprint density at radius 2 is 1.85 bits per heavy atom. The molecule has 0 aliphatic heterocycles. The van der Waals surface area contributed by atoms with E-state index < -0.39 is 17.6 Å². The van der Waals surface area contributed by atoms with E-state index in [1.54, 1.807) is 0 Å². The SMILES string of the molecule is Nc1cc(C(F)(F)F)cc(Nc2ccc(F)c(Br)c2)n1. The van der Waals surface area contributed by atoms with E-state index in [4.69, 9.17) is 5.73 Å².